The van der Waals surface area contributed by atoms with Crippen molar-refractivity contribution in [2.24, 2.45) is 0 Å². The lowest BCUT2D eigenvalue weighted by atomic mass is 10.0. The van der Waals surface area contributed by atoms with E-state index in [1.54, 1.807) is 0 Å². The second kappa shape index (κ2) is 8.14. The van der Waals surface area contributed by atoms with Crippen molar-refractivity contribution < 1.29 is 19.5 Å². The Morgan fingerprint density at radius 2 is 1.92 bits per heavy atom. The zero-order chi connectivity index (χ0) is 18.6. The number of aliphatic carboxylic acids is 1. The second-order valence-corrected chi connectivity index (χ2v) is 6.74. The number of hydrogen-bond acceptors (Lipinski definition) is 3. The van der Waals surface area contributed by atoms with Gasteiger partial charge in [0.05, 0.1) is 0 Å². The maximum Gasteiger partial charge on any atom is 0.323 e. The zero-order valence-corrected chi connectivity index (χ0v) is 15.1. The lowest BCUT2D eigenvalue weighted by molar-refractivity contribution is -0.145. The van der Waals surface area contributed by atoms with Crippen LogP contribution in [0.25, 0.3) is 0 Å². The fourth-order valence-electron chi connectivity index (χ4n) is 3.37. The molecule has 0 aromatic heterocycles. The molecule has 136 valence electrons. The standard InChI is InChI=1S/C19H26N2O4/c1-13-6-7-14(2)17(11-13)19(25)20-9-4-5-16(8-10-20)21(15(3)22)12-18(23)24/h6-7,11,16H,4-5,8-10,12H2,1-3H3,(H,23,24). The van der Waals surface area contributed by atoms with Crippen molar-refractivity contribution in [1.29, 1.82) is 0 Å². The van der Waals surface area contributed by atoms with E-state index in [1.807, 2.05) is 36.9 Å². The first-order chi connectivity index (χ1) is 11.8. The Morgan fingerprint density at radius 1 is 1.20 bits per heavy atom. The van der Waals surface area contributed by atoms with Crippen molar-refractivity contribution in [3.05, 3.63) is 34.9 Å². The van der Waals surface area contributed by atoms with Crippen molar-refractivity contribution in [1.82, 2.24) is 9.80 Å². The van der Waals surface area contributed by atoms with Crippen LogP contribution in [0.3, 0.4) is 0 Å². The van der Waals surface area contributed by atoms with Crippen LogP contribution in [0.2, 0.25) is 0 Å². The molecule has 6 heteroatoms. The van der Waals surface area contributed by atoms with Gasteiger partial charge in [-0.3, -0.25) is 14.4 Å². The van der Waals surface area contributed by atoms with E-state index < -0.39 is 5.97 Å². The maximum absolute atomic E-state index is 12.9. The van der Waals surface area contributed by atoms with Crippen molar-refractivity contribution in [2.75, 3.05) is 19.6 Å². The summed E-state index contributed by atoms with van der Waals surface area (Å²) in [7, 11) is 0. The van der Waals surface area contributed by atoms with Crippen LogP contribution in [0, 0.1) is 13.8 Å². The SMILES string of the molecule is CC(=O)N(CC(=O)O)C1CCCN(C(=O)c2cc(C)ccc2C)CC1. The number of carbonyl (C=O) groups excluding carboxylic acids is 2. The number of rotatable bonds is 4. The first kappa shape index (κ1) is 19.0. The van der Waals surface area contributed by atoms with Gasteiger partial charge in [-0.1, -0.05) is 17.7 Å². The Kier molecular flexibility index (Phi) is 6.17. The number of aryl methyl sites for hydroxylation is 2. The highest BCUT2D eigenvalue weighted by molar-refractivity contribution is 5.95. The van der Waals surface area contributed by atoms with Crippen LogP contribution in [0.1, 0.15) is 47.7 Å². The number of amides is 2. The van der Waals surface area contributed by atoms with Crippen molar-refractivity contribution in [2.45, 2.75) is 46.1 Å². The van der Waals surface area contributed by atoms with Crippen LogP contribution in [-0.2, 0) is 9.59 Å². The van der Waals surface area contributed by atoms with E-state index in [0.717, 1.165) is 17.5 Å². The van der Waals surface area contributed by atoms with E-state index in [1.165, 1.54) is 11.8 Å². The van der Waals surface area contributed by atoms with E-state index in [-0.39, 0.29) is 24.4 Å². The number of likely N-dealkylation sites (tertiary alicyclic amines) is 1. The van der Waals surface area contributed by atoms with Gasteiger partial charge in [-0.15, -0.1) is 0 Å². The minimum absolute atomic E-state index is 0.00876. The number of carbonyl (C=O) groups is 3. The fourth-order valence-corrected chi connectivity index (χ4v) is 3.37. The molecule has 1 N–H and O–H groups in total. The Bertz CT molecular complexity index is 671. The molecule has 0 radical (unpaired) electrons. The summed E-state index contributed by atoms with van der Waals surface area (Å²) in [5.74, 6) is -1.24. The Labute approximate surface area is 148 Å². The zero-order valence-electron chi connectivity index (χ0n) is 15.1. The first-order valence-corrected chi connectivity index (χ1v) is 8.65. The van der Waals surface area contributed by atoms with Gasteiger partial charge in [0.15, 0.2) is 0 Å². The highest BCUT2D eigenvalue weighted by Crippen LogP contribution is 2.20. The minimum atomic E-state index is -1.01. The minimum Gasteiger partial charge on any atom is -0.480 e. The second-order valence-electron chi connectivity index (χ2n) is 6.74. The molecule has 1 atom stereocenters. The molecule has 1 aromatic carbocycles. The highest BCUT2D eigenvalue weighted by Gasteiger charge is 2.28. The van der Waals surface area contributed by atoms with E-state index in [9.17, 15) is 14.4 Å². The molecule has 6 nitrogen and oxygen atoms in total. The van der Waals surface area contributed by atoms with Crippen LogP contribution in [0.5, 0.6) is 0 Å². The van der Waals surface area contributed by atoms with Gasteiger partial charge in [0.25, 0.3) is 5.91 Å². The van der Waals surface area contributed by atoms with E-state index in [4.69, 9.17) is 5.11 Å². The molecule has 1 aliphatic rings. The van der Waals surface area contributed by atoms with Gasteiger partial charge in [0, 0.05) is 31.6 Å². The van der Waals surface area contributed by atoms with Gasteiger partial charge >= 0.3 is 5.97 Å². The third-order valence-electron chi connectivity index (χ3n) is 4.76. The van der Waals surface area contributed by atoms with Crippen molar-refractivity contribution in [3.8, 4) is 0 Å². The smallest absolute Gasteiger partial charge is 0.323 e. The molecular weight excluding hydrogens is 320 g/mol. The summed E-state index contributed by atoms with van der Waals surface area (Å²) >= 11 is 0. The molecule has 25 heavy (non-hydrogen) atoms. The van der Waals surface area contributed by atoms with E-state index in [2.05, 4.69) is 0 Å². The maximum atomic E-state index is 12.9. The summed E-state index contributed by atoms with van der Waals surface area (Å²) in [5.41, 5.74) is 2.71. The van der Waals surface area contributed by atoms with Gasteiger partial charge in [-0.05, 0) is 44.7 Å². The summed E-state index contributed by atoms with van der Waals surface area (Å²) in [6.07, 6.45) is 2.07. The lowest BCUT2D eigenvalue weighted by Crippen LogP contribution is -2.43. The third-order valence-corrected chi connectivity index (χ3v) is 4.76. The van der Waals surface area contributed by atoms with Crippen LogP contribution in [0.15, 0.2) is 18.2 Å². The van der Waals surface area contributed by atoms with Gasteiger partial charge in [0.2, 0.25) is 5.91 Å². The molecule has 1 fully saturated rings. The highest BCUT2D eigenvalue weighted by atomic mass is 16.4. The summed E-state index contributed by atoms with van der Waals surface area (Å²) in [6.45, 7) is 6.16. The summed E-state index contributed by atoms with van der Waals surface area (Å²) < 4.78 is 0. The number of hydrogen-bond donors (Lipinski definition) is 1. The van der Waals surface area contributed by atoms with Crippen LogP contribution in [-0.4, -0.2) is 58.4 Å². The molecule has 1 heterocycles. The average Bonchev–Trinajstić information content (AvgIpc) is 2.79. The number of carboxylic acid groups (broad SMARTS) is 1. The average molecular weight is 346 g/mol. The summed E-state index contributed by atoms with van der Waals surface area (Å²) in [5, 5.41) is 9.02. The van der Waals surface area contributed by atoms with Crippen molar-refractivity contribution in [3.63, 3.8) is 0 Å². The molecule has 2 amide bonds. The monoisotopic (exact) mass is 346 g/mol. The Balaban J connectivity index is 2.10. The molecule has 0 spiro atoms. The van der Waals surface area contributed by atoms with Gasteiger partial charge in [-0.25, -0.2) is 0 Å². The third kappa shape index (κ3) is 4.81. The lowest BCUT2D eigenvalue weighted by Gasteiger charge is -2.29. The molecular formula is C19H26N2O4. The summed E-state index contributed by atoms with van der Waals surface area (Å²) in [4.78, 5) is 38.9. The number of benzene rings is 1. The van der Waals surface area contributed by atoms with E-state index >= 15 is 0 Å². The normalized spacial score (nSPS) is 17.7. The summed E-state index contributed by atoms with van der Waals surface area (Å²) in [6, 6.07) is 5.71. The van der Waals surface area contributed by atoms with Gasteiger partial charge in [0.1, 0.15) is 6.54 Å². The molecule has 1 aromatic rings. The molecule has 2 rings (SSSR count). The first-order valence-electron chi connectivity index (χ1n) is 8.65. The Morgan fingerprint density at radius 3 is 2.56 bits per heavy atom. The van der Waals surface area contributed by atoms with Gasteiger partial charge < -0.3 is 14.9 Å². The van der Waals surface area contributed by atoms with Gasteiger partial charge in [-0.2, -0.15) is 0 Å². The van der Waals surface area contributed by atoms with Crippen molar-refractivity contribution >= 4 is 17.8 Å². The predicted molar refractivity (Wildman–Crippen MR) is 94.5 cm³/mol. The quantitative estimate of drug-likeness (QED) is 0.907. The molecule has 0 bridgehead atoms. The fraction of sp³-hybridized carbons (Fsp3) is 0.526. The predicted octanol–water partition coefficient (Wildman–Crippen LogP) is 2.23. The molecule has 1 unspecified atom stereocenters. The molecule has 0 aliphatic carbocycles. The topological polar surface area (TPSA) is 77.9 Å². The number of carboxylic acids is 1. The Hall–Kier alpha value is -2.37. The van der Waals surface area contributed by atoms with Crippen LogP contribution in [0.4, 0.5) is 0 Å². The largest absolute Gasteiger partial charge is 0.480 e. The number of nitrogens with zero attached hydrogens (tertiary/aromatic N) is 2. The molecule has 1 aliphatic heterocycles. The van der Waals surface area contributed by atoms with E-state index in [0.29, 0.717) is 31.5 Å². The molecule has 1 saturated heterocycles. The molecule has 0 saturated carbocycles. The van der Waals surface area contributed by atoms with Crippen LogP contribution < -0.4 is 0 Å². The van der Waals surface area contributed by atoms with Crippen LogP contribution >= 0.6 is 0 Å².